The highest BCUT2D eigenvalue weighted by molar-refractivity contribution is 6.31. The van der Waals surface area contributed by atoms with Crippen LogP contribution in [0.3, 0.4) is 0 Å². The van der Waals surface area contributed by atoms with E-state index >= 15 is 0 Å². The number of carboxylic acid groups (broad SMARTS) is 1. The lowest BCUT2D eigenvalue weighted by Crippen LogP contribution is -2.32. The summed E-state index contributed by atoms with van der Waals surface area (Å²) in [5.74, 6) is 0.119. The van der Waals surface area contributed by atoms with Crippen LogP contribution in [0.15, 0.2) is 36.4 Å². The molecule has 0 bridgehead atoms. The summed E-state index contributed by atoms with van der Waals surface area (Å²) in [5, 5.41) is 9.96. The SMILES string of the molecule is CC1(C)CCc2c(OCc3ccccc3Cl)cc(C(=O)O)cc2O1. The van der Waals surface area contributed by atoms with E-state index < -0.39 is 5.97 Å². The number of fused-ring (bicyclic) bond motifs is 1. The molecule has 1 heterocycles. The first-order valence-corrected chi connectivity index (χ1v) is 8.19. The van der Waals surface area contributed by atoms with Crippen molar-refractivity contribution >= 4 is 17.6 Å². The van der Waals surface area contributed by atoms with Crippen LogP contribution in [0.5, 0.6) is 11.5 Å². The number of ether oxygens (including phenoxy) is 2. The second-order valence-electron chi connectivity index (χ2n) is 6.50. The van der Waals surface area contributed by atoms with Gasteiger partial charge in [0.15, 0.2) is 0 Å². The van der Waals surface area contributed by atoms with Crippen molar-refractivity contribution in [3.05, 3.63) is 58.1 Å². The molecule has 1 N–H and O–H groups in total. The van der Waals surface area contributed by atoms with E-state index in [-0.39, 0.29) is 17.8 Å². The molecule has 0 radical (unpaired) electrons. The Morgan fingerprint density at radius 2 is 2.08 bits per heavy atom. The van der Waals surface area contributed by atoms with Gasteiger partial charge in [0.2, 0.25) is 0 Å². The Kier molecular flexibility index (Phi) is 4.41. The zero-order valence-corrected chi connectivity index (χ0v) is 14.4. The maximum Gasteiger partial charge on any atom is 0.335 e. The normalized spacial score (nSPS) is 15.3. The standard InChI is InChI=1S/C19H19ClO4/c1-19(2)8-7-14-16(9-13(18(21)22)10-17(14)24-19)23-11-12-5-3-4-6-15(12)20/h3-6,9-10H,7-8,11H2,1-2H3,(H,21,22). The fraction of sp³-hybridized carbons (Fsp3) is 0.316. The van der Waals surface area contributed by atoms with Crippen molar-refractivity contribution in [3.63, 3.8) is 0 Å². The average Bonchev–Trinajstić information content (AvgIpc) is 2.52. The highest BCUT2D eigenvalue weighted by Gasteiger charge is 2.29. The third-order valence-electron chi connectivity index (χ3n) is 4.12. The van der Waals surface area contributed by atoms with Crippen LogP contribution in [0, 0.1) is 0 Å². The summed E-state index contributed by atoms with van der Waals surface area (Å²) in [6.07, 6.45) is 1.62. The van der Waals surface area contributed by atoms with Crippen LogP contribution in [-0.2, 0) is 13.0 Å². The first-order chi connectivity index (χ1) is 11.4. The van der Waals surface area contributed by atoms with Gasteiger partial charge in [-0.05, 0) is 44.9 Å². The minimum atomic E-state index is -1.01. The number of benzene rings is 2. The van der Waals surface area contributed by atoms with Crippen molar-refractivity contribution in [2.24, 2.45) is 0 Å². The third-order valence-corrected chi connectivity index (χ3v) is 4.49. The molecule has 24 heavy (non-hydrogen) atoms. The predicted octanol–water partition coefficient (Wildman–Crippen LogP) is 4.72. The molecule has 2 aromatic rings. The molecule has 0 aliphatic carbocycles. The van der Waals surface area contributed by atoms with Gasteiger partial charge in [-0.25, -0.2) is 4.79 Å². The average molecular weight is 347 g/mol. The molecule has 0 amide bonds. The van der Waals surface area contributed by atoms with Crippen LogP contribution in [0.4, 0.5) is 0 Å². The van der Waals surface area contributed by atoms with Gasteiger partial charge in [0.25, 0.3) is 0 Å². The summed E-state index contributed by atoms with van der Waals surface area (Å²) in [6.45, 7) is 4.26. The molecular weight excluding hydrogens is 328 g/mol. The zero-order valence-electron chi connectivity index (χ0n) is 13.6. The minimum Gasteiger partial charge on any atom is -0.488 e. The number of aromatic carboxylic acids is 1. The van der Waals surface area contributed by atoms with E-state index in [1.54, 1.807) is 18.2 Å². The van der Waals surface area contributed by atoms with E-state index in [0.29, 0.717) is 16.5 Å². The third kappa shape index (κ3) is 3.49. The molecule has 2 aromatic carbocycles. The molecule has 1 aliphatic heterocycles. The molecule has 0 saturated heterocycles. The zero-order chi connectivity index (χ0) is 17.3. The smallest absolute Gasteiger partial charge is 0.335 e. The number of hydrogen-bond acceptors (Lipinski definition) is 3. The van der Waals surface area contributed by atoms with Gasteiger partial charge in [-0.2, -0.15) is 0 Å². The van der Waals surface area contributed by atoms with Crippen LogP contribution >= 0.6 is 11.6 Å². The maximum absolute atomic E-state index is 11.4. The van der Waals surface area contributed by atoms with Gasteiger partial charge in [0.05, 0.1) is 5.56 Å². The van der Waals surface area contributed by atoms with Gasteiger partial charge in [0, 0.05) is 16.1 Å². The molecule has 0 aromatic heterocycles. The Labute approximate surface area is 146 Å². The molecule has 0 spiro atoms. The van der Waals surface area contributed by atoms with Crippen LogP contribution in [0.1, 0.15) is 41.8 Å². The second-order valence-corrected chi connectivity index (χ2v) is 6.91. The Morgan fingerprint density at radius 1 is 1.33 bits per heavy atom. The largest absolute Gasteiger partial charge is 0.488 e. The number of carbonyl (C=O) groups is 1. The number of carboxylic acids is 1. The van der Waals surface area contributed by atoms with Crippen molar-refractivity contribution in [1.82, 2.24) is 0 Å². The molecule has 4 nitrogen and oxygen atoms in total. The van der Waals surface area contributed by atoms with Crippen LogP contribution in [-0.4, -0.2) is 16.7 Å². The van der Waals surface area contributed by atoms with Crippen molar-refractivity contribution in [2.75, 3.05) is 0 Å². The van der Waals surface area contributed by atoms with E-state index in [9.17, 15) is 9.90 Å². The lowest BCUT2D eigenvalue weighted by Gasteiger charge is -2.33. The topological polar surface area (TPSA) is 55.8 Å². The molecule has 0 saturated carbocycles. The Bertz CT molecular complexity index is 783. The molecule has 0 atom stereocenters. The monoisotopic (exact) mass is 346 g/mol. The van der Waals surface area contributed by atoms with Gasteiger partial charge in [-0.15, -0.1) is 0 Å². The lowest BCUT2D eigenvalue weighted by atomic mass is 9.93. The van der Waals surface area contributed by atoms with Gasteiger partial charge in [-0.1, -0.05) is 29.8 Å². The van der Waals surface area contributed by atoms with Gasteiger partial charge < -0.3 is 14.6 Å². The maximum atomic E-state index is 11.4. The summed E-state index contributed by atoms with van der Waals surface area (Å²) >= 11 is 6.15. The lowest BCUT2D eigenvalue weighted by molar-refractivity contribution is 0.0684. The van der Waals surface area contributed by atoms with E-state index in [1.165, 1.54) is 0 Å². The number of rotatable bonds is 4. The highest BCUT2D eigenvalue weighted by atomic mass is 35.5. The van der Waals surface area contributed by atoms with E-state index in [0.717, 1.165) is 24.0 Å². The van der Waals surface area contributed by atoms with Crippen LogP contribution < -0.4 is 9.47 Å². The quantitative estimate of drug-likeness (QED) is 0.870. The summed E-state index contributed by atoms with van der Waals surface area (Å²) in [4.78, 5) is 11.4. The van der Waals surface area contributed by atoms with Crippen molar-refractivity contribution in [2.45, 2.75) is 38.9 Å². The molecular formula is C19H19ClO4. The fourth-order valence-corrected chi connectivity index (χ4v) is 2.95. The van der Waals surface area contributed by atoms with Gasteiger partial charge >= 0.3 is 5.97 Å². The molecule has 126 valence electrons. The predicted molar refractivity (Wildman–Crippen MR) is 92.2 cm³/mol. The van der Waals surface area contributed by atoms with E-state index in [2.05, 4.69) is 0 Å². The van der Waals surface area contributed by atoms with Crippen molar-refractivity contribution < 1.29 is 19.4 Å². The van der Waals surface area contributed by atoms with Crippen molar-refractivity contribution in [3.8, 4) is 11.5 Å². The molecule has 5 heteroatoms. The summed E-state index contributed by atoms with van der Waals surface area (Å²) in [7, 11) is 0. The van der Waals surface area contributed by atoms with Crippen LogP contribution in [0.2, 0.25) is 5.02 Å². The second kappa shape index (κ2) is 6.36. The Hall–Kier alpha value is -2.20. The number of halogens is 1. The Balaban J connectivity index is 1.93. The fourth-order valence-electron chi connectivity index (χ4n) is 2.76. The summed E-state index contributed by atoms with van der Waals surface area (Å²) < 4.78 is 11.9. The summed E-state index contributed by atoms with van der Waals surface area (Å²) in [6, 6.07) is 10.6. The first kappa shape index (κ1) is 16.7. The molecule has 0 unspecified atom stereocenters. The Morgan fingerprint density at radius 3 is 2.79 bits per heavy atom. The van der Waals surface area contributed by atoms with Crippen LogP contribution in [0.25, 0.3) is 0 Å². The number of hydrogen-bond donors (Lipinski definition) is 1. The summed E-state index contributed by atoms with van der Waals surface area (Å²) in [5.41, 5.74) is 1.60. The molecule has 3 rings (SSSR count). The molecule has 0 fully saturated rings. The highest BCUT2D eigenvalue weighted by Crippen LogP contribution is 2.40. The van der Waals surface area contributed by atoms with Crippen molar-refractivity contribution in [1.29, 1.82) is 0 Å². The minimum absolute atomic E-state index is 0.153. The van der Waals surface area contributed by atoms with Gasteiger partial charge in [0.1, 0.15) is 23.7 Å². The first-order valence-electron chi connectivity index (χ1n) is 7.81. The van der Waals surface area contributed by atoms with E-state index in [1.807, 2.05) is 32.0 Å². The molecule has 1 aliphatic rings. The van der Waals surface area contributed by atoms with E-state index in [4.69, 9.17) is 21.1 Å². The van der Waals surface area contributed by atoms with Gasteiger partial charge in [-0.3, -0.25) is 0 Å².